The van der Waals surface area contributed by atoms with E-state index >= 15 is 0 Å². The van der Waals surface area contributed by atoms with E-state index in [1.165, 1.54) is 0 Å². The molecule has 3 rings (SSSR count). The number of aromatic amines is 1. The number of para-hydroxylation sites is 1. The predicted octanol–water partition coefficient (Wildman–Crippen LogP) is 3.20. The molecule has 2 heterocycles. The van der Waals surface area contributed by atoms with Gasteiger partial charge in [-0.05, 0) is 24.1 Å². The van der Waals surface area contributed by atoms with Crippen LogP contribution in [0.25, 0.3) is 10.9 Å². The van der Waals surface area contributed by atoms with Gasteiger partial charge < -0.3 is 15.5 Å². The molecule has 1 aromatic carbocycles. The Balaban J connectivity index is 0.000000343. The zero-order valence-electron chi connectivity index (χ0n) is 16.8. The van der Waals surface area contributed by atoms with Crippen LogP contribution in [0.15, 0.2) is 48.8 Å². The zero-order chi connectivity index (χ0) is 25.9. The molecule has 34 heavy (non-hydrogen) atoms. The maximum Gasteiger partial charge on any atom is 0.490 e. The van der Waals surface area contributed by atoms with Gasteiger partial charge in [0, 0.05) is 24.3 Å². The molecule has 9 nitrogen and oxygen atoms in total. The van der Waals surface area contributed by atoms with Gasteiger partial charge in [-0.3, -0.25) is 14.9 Å². The molecule has 0 bridgehead atoms. The Labute approximate surface area is 186 Å². The SMILES string of the molecule is O=C(NCCc1cccnc1)c1n[nH]c2ccccc12.O=C(O)C(F)(F)F.O=C(O)C(F)(F)F. The van der Waals surface area contributed by atoms with E-state index in [4.69, 9.17) is 19.8 Å². The van der Waals surface area contributed by atoms with Gasteiger partial charge in [0.2, 0.25) is 0 Å². The van der Waals surface area contributed by atoms with E-state index in [2.05, 4.69) is 20.5 Å². The summed E-state index contributed by atoms with van der Waals surface area (Å²) in [5, 5.41) is 24.9. The highest BCUT2D eigenvalue weighted by Crippen LogP contribution is 2.15. The first-order valence-corrected chi connectivity index (χ1v) is 8.94. The fraction of sp³-hybridized carbons (Fsp3) is 0.211. The first kappa shape index (κ1) is 27.9. The predicted molar refractivity (Wildman–Crippen MR) is 104 cm³/mol. The van der Waals surface area contributed by atoms with E-state index in [1.54, 1.807) is 12.4 Å². The summed E-state index contributed by atoms with van der Waals surface area (Å²) >= 11 is 0. The fourth-order valence-corrected chi connectivity index (χ4v) is 2.09. The Morgan fingerprint density at radius 1 is 0.912 bits per heavy atom. The molecule has 0 spiro atoms. The summed E-state index contributed by atoms with van der Waals surface area (Å²) in [6.07, 6.45) is -5.88. The Morgan fingerprint density at radius 2 is 1.47 bits per heavy atom. The first-order chi connectivity index (χ1) is 15.7. The number of halogens is 6. The number of fused-ring (bicyclic) bond motifs is 1. The number of carboxylic acid groups (broad SMARTS) is 2. The van der Waals surface area contributed by atoms with Crippen molar-refractivity contribution < 1.29 is 50.9 Å². The van der Waals surface area contributed by atoms with Crippen LogP contribution in [0.3, 0.4) is 0 Å². The topological polar surface area (TPSA) is 145 Å². The molecule has 0 atom stereocenters. The van der Waals surface area contributed by atoms with Crippen LogP contribution in [0.2, 0.25) is 0 Å². The molecule has 0 saturated carbocycles. The van der Waals surface area contributed by atoms with Gasteiger partial charge in [0.15, 0.2) is 5.69 Å². The van der Waals surface area contributed by atoms with Crippen molar-refractivity contribution in [2.75, 3.05) is 6.54 Å². The number of aliphatic carboxylic acids is 2. The van der Waals surface area contributed by atoms with Gasteiger partial charge in [-0.15, -0.1) is 0 Å². The number of hydrogen-bond donors (Lipinski definition) is 4. The minimum absolute atomic E-state index is 0.161. The summed E-state index contributed by atoms with van der Waals surface area (Å²) in [5.41, 5.74) is 2.40. The number of carbonyl (C=O) groups is 3. The molecule has 0 saturated heterocycles. The average molecular weight is 494 g/mol. The lowest BCUT2D eigenvalue weighted by Crippen LogP contribution is -2.26. The second-order valence-electron chi connectivity index (χ2n) is 6.09. The van der Waals surface area contributed by atoms with Crippen molar-refractivity contribution in [1.82, 2.24) is 20.5 Å². The summed E-state index contributed by atoms with van der Waals surface area (Å²) in [7, 11) is 0. The molecule has 3 aromatic rings. The molecule has 1 amide bonds. The molecule has 184 valence electrons. The highest BCUT2D eigenvalue weighted by Gasteiger charge is 2.38. The third-order valence-corrected chi connectivity index (χ3v) is 3.59. The molecule has 0 unspecified atom stereocenters. The van der Waals surface area contributed by atoms with Crippen LogP contribution in [0.4, 0.5) is 26.3 Å². The number of hydrogen-bond acceptors (Lipinski definition) is 5. The van der Waals surface area contributed by atoms with E-state index in [0.717, 1.165) is 22.9 Å². The number of H-pyrrole nitrogens is 1. The molecule has 0 aliphatic heterocycles. The van der Waals surface area contributed by atoms with Crippen LogP contribution in [0.1, 0.15) is 16.1 Å². The molecule has 2 aromatic heterocycles. The molecule has 4 N–H and O–H groups in total. The van der Waals surface area contributed by atoms with E-state index in [9.17, 15) is 31.1 Å². The van der Waals surface area contributed by atoms with Crippen molar-refractivity contribution in [3.63, 3.8) is 0 Å². The van der Waals surface area contributed by atoms with E-state index in [-0.39, 0.29) is 5.91 Å². The maximum atomic E-state index is 12.1. The number of nitrogens with zero attached hydrogens (tertiary/aromatic N) is 2. The van der Waals surface area contributed by atoms with Crippen molar-refractivity contribution in [1.29, 1.82) is 0 Å². The number of nitrogens with one attached hydrogen (secondary N) is 2. The molecular weight excluding hydrogens is 478 g/mol. The van der Waals surface area contributed by atoms with Crippen LogP contribution >= 0.6 is 0 Å². The second kappa shape index (κ2) is 12.2. The van der Waals surface area contributed by atoms with E-state index < -0.39 is 24.3 Å². The van der Waals surface area contributed by atoms with Crippen LogP contribution < -0.4 is 5.32 Å². The number of carbonyl (C=O) groups excluding carboxylic acids is 1. The smallest absolute Gasteiger partial charge is 0.475 e. The number of carboxylic acids is 2. The van der Waals surface area contributed by atoms with E-state index in [1.807, 2.05) is 36.4 Å². The van der Waals surface area contributed by atoms with Crippen LogP contribution in [0.5, 0.6) is 0 Å². The third kappa shape index (κ3) is 9.54. The Kier molecular flexibility index (Phi) is 9.98. The van der Waals surface area contributed by atoms with Gasteiger partial charge in [0.25, 0.3) is 5.91 Å². The van der Waals surface area contributed by atoms with Gasteiger partial charge in [-0.2, -0.15) is 31.4 Å². The quantitative estimate of drug-likeness (QED) is 0.408. The average Bonchev–Trinajstić information content (AvgIpc) is 3.18. The van der Waals surface area contributed by atoms with Crippen molar-refractivity contribution in [2.45, 2.75) is 18.8 Å². The van der Waals surface area contributed by atoms with E-state index in [0.29, 0.717) is 12.2 Å². The van der Waals surface area contributed by atoms with Gasteiger partial charge in [0.05, 0.1) is 5.52 Å². The van der Waals surface area contributed by atoms with Crippen molar-refractivity contribution in [2.24, 2.45) is 0 Å². The summed E-state index contributed by atoms with van der Waals surface area (Å²) in [6.45, 7) is 0.561. The second-order valence-corrected chi connectivity index (χ2v) is 6.09. The lowest BCUT2D eigenvalue weighted by molar-refractivity contribution is -0.193. The Bertz CT molecular complexity index is 1080. The van der Waals surface area contributed by atoms with Gasteiger partial charge in [-0.25, -0.2) is 9.59 Å². The van der Waals surface area contributed by atoms with Crippen LogP contribution in [-0.4, -0.2) is 62.1 Å². The highest BCUT2D eigenvalue weighted by molar-refractivity contribution is 6.04. The van der Waals surface area contributed by atoms with Gasteiger partial charge in [0.1, 0.15) is 0 Å². The summed E-state index contributed by atoms with van der Waals surface area (Å²) < 4.78 is 63.5. The van der Waals surface area contributed by atoms with Crippen molar-refractivity contribution in [3.8, 4) is 0 Å². The number of benzene rings is 1. The Morgan fingerprint density at radius 3 is 1.97 bits per heavy atom. The minimum Gasteiger partial charge on any atom is -0.475 e. The Hall–Kier alpha value is -4.17. The molecule has 0 fully saturated rings. The molecular formula is C19H16F6N4O5. The fourth-order valence-electron chi connectivity index (χ4n) is 2.09. The van der Waals surface area contributed by atoms with Crippen LogP contribution in [0, 0.1) is 0 Å². The standard InChI is InChI=1S/C15H14N4O.2C2HF3O2/c20-15(17-9-7-11-4-3-8-16-10-11)14-12-5-1-2-6-13(12)18-19-14;2*3-2(4,5)1(6)7/h1-6,8,10H,7,9H2,(H,17,20)(H,18,19);2*(H,6,7). The summed E-state index contributed by atoms with van der Waals surface area (Å²) in [4.78, 5) is 33.9. The highest BCUT2D eigenvalue weighted by atomic mass is 19.4. The first-order valence-electron chi connectivity index (χ1n) is 8.94. The van der Waals surface area contributed by atoms with Gasteiger partial charge >= 0.3 is 24.3 Å². The van der Waals surface area contributed by atoms with Crippen molar-refractivity contribution >= 4 is 28.7 Å². The minimum atomic E-state index is -5.08. The molecule has 0 aliphatic carbocycles. The van der Waals surface area contributed by atoms with Crippen LogP contribution in [-0.2, 0) is 16.0 Å². The molecule has 15 heteroatoms. The number of alkyl halides is 6. The monoisotopic (exact) mass is 494 g/mol. The molecule has 0 radical (unpaired) electrons. The van der Waals surface area contributed by atoms with Gasteiger partial charge in [-0.1, -0.05) is 24.3 Å². The number of rotatable bonds is 4. The number of pyridine rings is 1. The lowest BCUT2D eigenvalue weighted by Gasteiger charge is -2.03. The third-order valence-electron chi connectivity index (χ3n) is 3.59. The number of aromatic nitrogens is 3. The zero-order valence-corrected chi connectivity index (χ0v) is 16.8. The maximum absolute atomic E-state index is 12.1. The van der Waals surface area contributed by atoms with Crippen molar-refractivity contribution in [3.05, 3.63) is 60.0 Å². The normalized spacial score (nSPS) is 10.9. The largest absolute Gasteiger partial charge is 0.490 e. The lowest BCUT2D eigenvalue weighted by atomic mass is 10.2. The summed E-state index contributed by atoms with van der Waals surface area (Å²) in [6, 6.07) is 11.5. The number of amides is 1. The molecule has 0 aliphatic rings. The summed E-state index contributed by atoms with van der Waals surface area (Å²) in [5.74, 6) is -5.67.